The molecule has 2 fully saturated rings. The van der Waals surface area contributed by atoms with Gasteiger partial charge in [0.2, 0.25) is 11.8 Å². The highest BCUT2D eigenvalue weighted by Gasteiger charge is 2.40. The quantitative estimate of drug-likeness (QED) is 0.842. The van der Waals surface area contributed by atoms with Crippen molar-refractivity contribution in [3.05, 3.63) is 35.9 Å². The second-order valence-electron chi connectivity index (χ2n) is 6.39. The Morgan fingerprint density at radius 1 is 1.09 bits per heavy atom. The van der Waals surface area contributed by atoms with Gasteiger partial charge in [-0.3, -0.25) is 9.59 Å². The zero-order valence-electron chi connectivity index (χ0n) is 13.2. The highest BCUT2D eigenvalue weighted by Crippen LogP contribution is 2.37. The van der Waals surface area contributed by atoms with E-state index in [1.165, 1.54) is 6.42 Å². The Labute approximate surface area is 132 Å². The normalized spacial score (nSPS) is 26.1. The van der Waals surface area contributed by atoms with Crippen LogP contribution in [0.2, 0.25) is 0 Å². The van der Waals surface area contributed by atoms with Gasteiger partial charge in [-0.1, -0.05) is 30.3 Å². The molecule has 118 valence electrons. The van der Waals surface area contributed by atoms with Gasteiger partial charge in [-0.25, -0.2) is 0 Å². The Morgan fingerprint density at radius 2 is 1.77 bits per heavy atom. The zero-order chi connectivity index (χ0) is 15.5. The Bertz CT molecular complexity index is 537. The van der Waals surface area contributed by atoms with Gasteiger partial charge in [-0.2, -0.15) is 0 Å². The van der Waals surface area contributed by atoms with E-state index in [0.717, 1.165) is 31.5 Å². The van der Waals surface area contributed by atoms with Gasteiger partial charge >= 0.3 is 0 Å². The van der Waals surface area contributed by atoms with E-state index in [-0.39, 0.29) is 23.8 Å². The van der Waals surface area contributed by atoms with Gasteiger partial charge in [0.1, 0.15) is 0 Å². The summed E-state index contributed by atoms with van der Waals surface area (Å²) in [5.41, 5.74) is 1.06. The topological polar surface area (TPSA) is 40.6 Å². The van der Waals surface area contributed by atoms with E-state index in [1.807, 2.05) is 42.3 Å². The molecule has 2 heterocycles. The lowest BCUT2D eigenvalue weighted by molar-refractivity contribution is -0.147. The summed E-state index contributed by atoms with van der Waals surface area (Å²) in [5.74, 6) is 0.257. The fourth-order valence-corrected chi connectivity index (χ4v) is 3.75. The Morgan fingerprint density at radius 3 is 2.45 bits per heavy atom. The molecule has 0 spiro atoms. The van der Waals surface area contributed by atoms with Crippen LogP contribution in [0, 0.1) is 5.92 Å². The zero-order valence-corrected chi connectivity index (χ0v) is 13.2. The van der Waals surface area contributed by atoms with Crippen molar-refractivity contribution >= 4 is 11.8 Å². The molecule has 0 saturated carbocycles. The summed E-state index contributed by atoms with van der Waals surface area (Å²) >= 11 is 0. The lowest BCUT2D eigenvalue weighted by Gasteiger charge is -2.41. The van der Waals surface area contributed by atoms with Crippen molar-refractivity contribution in [2.75, 3.05) is 20.1 Å². The van der Waals surface area contributed by atoms with Crippen molar-refractivity contribution in [3.63, 3.8) is 0 Å². The van der Waals surface area contributed by atoms with Gasteiger partial charge in [0.05, 0.1) is 12.0 Å². The smallest absolute Gasteiger partial charge is 0.228 e. The van der Waals surface area contributed by atoms with Crippen LogP contribution in [-0.4, -0.2) is 41.8 Å². The number of hydrogen-bond donors (Lipinski definition) is 0. The molecule has 3 rings (SSSR count). The van der Waals surface area contributed by atoms with E-state index in [4.69, 9.17) is 0 Å². The average molecular weight is 300 g/mol. The van der Waals surface area contributed by atoms with Crippen molar-refractivity contribution in [1.82, 2.24) is 9.80 Å². The summed E-state index contributed by atoms with van der Waals surface area (Å²) in [5, 5.41) is 0. The predicted molar refractivity (Wildman–Crippen MR) is 85.1 cm³/mol. The highest BCUT2D eigenvalue weighted by molar-refractivity contribution is 5.85. The summed E-state index contributed by atoms with van der Waals surface area (Å²) in [7, 11) is 1.83. The molecule has 0 unspecified atom stereocenters. The molecule has 4 heteroatoms. The lowest BCUT2D eigenvalue weighted by Crippen LogP contribution is -2.48. The molecule has 2 amide bonds. The molecule has 2 aliphatic heterocycles. The molecule has 4 nitrogen and oxygen atoms in total. The average Bonchev–Trinajstić information content (AvgIpc) is 2.58. The second kappa shape index (κ2) is 6.51. The molecule has 0 radical (unpaired) electrons. The van der Waals surface area contributed by atoms with E-state index in [0.29, 0.717) is 12.8 Å². The molecular weight excluding hydrogens is 276 g/mol. The minimum Gasteiger partial charge on any atom is -0.342 e. The molecule has 0 N–H and O–H groups in total. The number of piperidine rings is 2. The number of benzene rings is 1. The van der Waals surface area contributed by atoms with E-state index in [9.17, 15) is 9.59 Å². The van der Waals surface area contributed by atoms with Gasteiger partial charge in [-0.15, -0.1) is 0 Å². The number of hydrogen-bond acceptors (Lipinski definition) is 2. The molecule has 1 aromatic rings. The first-order valence-electron chi connectivity index (χ1n) is 8.28. The first kappa shape index (κ1) is 15.1. The van der Waals surface area contributed by atoms with Crippen LogP contribution in [0.1, 0.15) is 43.7 Å². The third-order valence-electron chi connectivity index (χ3n) is 4.99. The van der Waals surface area contributed by atoms with Crippen LogP contribution in [0.3, 0.4) is 0 Å². The van der Waals surface area contributed by atoms with Crippen LogP contribution in [0.25, 0.3) is 0 Å². The maximum atomic E-state index is 13.0. The van der Waals surface area contributed by atoms with Crippen LogP contribution in [-0.2, 0) is 9.59 Å². The standard InChI is InChI=1S/C18H24N2O2/c1-19-16(21)11-10-15(17(19)14-8-4-2-5-9-14)18(22)20-12-6-3-7-13-20/h2,4-5,8-9,15,17H,3,6-7,10-13H2,1H3/t15-,17-/m0/s1. The first-order valence-corrected chi connectivity index (χ1v) is 8.28. The molecule has 22 heavy (non-hydrogen) atoms. The van der Waals surface area contributed by atoms with E-state index < -0.39 is 0 Å². The largest absolute Gasteiger partial charge is 0.342 e. The minimum atomic E-state index is -0.128. The van der Waals surface area contributed by atoms with Crippen molar-refractivity contribution in [2.24, 2.45) is 5.92 Å². The molecule has 1 aromatic carbocycles. The molecule has 2 atom stereocenters. The van der Waals surface area contributed by atoms with Crippen LogP contribution in [0.4, 0.5) is 0 Å². The number of amides is 2. The molecular formula is C18H24N2O2. The Balaban J connectivity index is 1.86. The van der Waals surface area contributed by atoms with Crippen LogP contribution < -0.4 is 0 Å². The third kappa shape index (κ3) is 2.87. The fraction of sp³-hybridized carbons (Fsp3) is 0.556. The molecule has 2 aliphatic rings. The number of rotatable bonds is 2. The third-order valence-corrected chi connectivity index (χ3v) is 4.99. The van der Waals surface area contributed by atoms with Gasteiger partial charge < -0.3 is 9.80 Å². The van der Waals surface area contributed by atoms with Gasteiger partial charge in [-0.05, 0) is 31.2 Å². The molecule has 0 bridgehead atoms. The number of carbonyl (C=O) groups excluding carboxylic acids is 2. The Kier molecular flexibility index (Phi) is 4.46. The van der Waals surface area contributed by atoms with Crippen molar-refractivity contribution in [3.8, 4) is 0 Å². The van der Waals surface area contributed by atoms with Gasteiger partial charge in [0.15, 0.2) is 0 Å². The van der Waals surface area contributed by atoms with E-state index in [2.05, 4.69) is 0 Å². The maximum Gasteiger partial charge on any atom is 0.228 e. The first-order chi connectivity index (χ1) is 10.7. The van der Waals surface area contributed by atoms with Crippen molar-refractivity contribution in [1.29, 1.82) is 0 Å². The van der Waals surface area contributed by atoms with Crippen molar-refractivity contribution in [2.45, 2.75) is 38.1 Å². The lowest BCUT2D eigenvalue weighted by atomic mass is 9.83. The number of nitrogens with zero attached hydrogens (tertiary/aromatic N) is 2. The van der Waals surface area contributed by atoms with Crippen molar-refractivity contribution < 1.29 is 9.59 Å². The van der Waals surface area contributed by atoms with Gasteiger partial charge in [0.25, 0.3) is 0 Å². The summed E-state index contributed by atoms with van der Waals surface area (Å²) in [6.07, 6.45) is 4.56. The Hall–Kier alpha value is -1.84. The number of carbonyl (C=O) groups is 2. The van der Waals surface area contributed by atoms with Crippen LogP contribution >= 0.6 is 0 Å². The van der Waals surface area contributed by atoms with E-state index >= 15 is 0 Å². The summed E-state index contributed by atoms with van der Waals surface area (Å²) in [6.45, 7) is 1.74. The molecule has 0 aromatic heterocycles. The second-order valence-corrected chi connectivity index (χ2v) is 6.39. The monoisotopic (exact) mass is 300 g/mol. The van der Waals surface area contributed by atoms with Gasteiger partial charge in [0, 0.05) is 26.6 Å². The SMILES string of the molecule is CN1C(=O)CC[C@H](C(=O)N2CCCCC2)[C@@H]1c1ccccc1. The summed E-state index contributed by atoms with van der Waals surface area (Å²) in [4.78, 5) is 28.9. The fourth-order valence-electron chi connectivity index (χ4n) is 3.75. The molecule has 0 aliphatic carbocycles. The summed E-state index contributed by atoms with van der Waals surface area (Å²) < 4.78 is 0. The highest BCUT2D eigenvalue weighted by atomic mass is 16.2. The number of likely N-dealkylation sites (tertiary alicyclic amines) is 2. The maximum absolute atomic E-state index is 13.0. The van der Waals surface area contributed by atoms with Crippen LogP contribution in [0.5, 0.6) is 0 Å². The predicted octanol–water partition coefficient (Wildman–Crippen LogP) is 2.61. The molecule has 2 saturated heterocycles. The van der Waals surface area contributed by atoms with E-state index in [1.54, 1.807) is 4.90 Å². The van der Waals surface area contributed by atoms with Crippen LogP contribution in [0.15, 0.2) is 30.3 Å². The summed E-state index contributed by atoms with van der Waals surface area (Å²) in [6, 6.07) is 9.84. The minimum absolute atomic E-state index is 0.108.